The number of rotatable bonds is 5. The van der Waals surface area contributed by atoms with Crippen molar-refractivity contribution >= 4 is 17.4 Å². The molecule has 1 saturated heterocycles. The first-order valence-electron chi connectivity index (χ1n) is 10.3. The zero-order valence-electron chi connectivity index (χ0n) is 18.0. The normalized spacial score (nSPS) is 13.9. The molecule has 0 bridgehead atoms. The fourth-order valence-corrected chi connectivity index (χ4v) is 4.08. The van der Waals surface area contributed by atoms with E-state index in [1.54, 1.807) is 23.6 Å². The largest absolute Gasteiger partial charge is 0.495 e. The van der Waals surface area contributed by atoms with Gasteiger partial charge in [-0.3, -0.25) is 9.59 Å². The third kappa shape index (κ3) is 3.91. The molecule has 0 atom stereocenters. The van der Waals surface area contributed by atoms with Crippen LogP contribution >= 0.6 is 0 Å². The number of anilines is 1. The van der Waals surface area contributed by atoms with Crippen LogP contribution in [0.5, 0.6) is 5.75 Å². The zero-order chi connectivity index (χ0) is 22.0. The van der Waals surface area contributed by atoms with Gasteiger partial charge in [-0.1, -0.05) is 30.3 Å². The van der Waals surface area contributed by atoms with Crippen molar-refractivity contribution in [3.63, 3.8) is 0 Å². The molecule has 7 nitrogen and oxygen atoms in total. The molecule has 0 spiro atoms. The molecule has 4 rings (SSSR count). The maximum absolute atomic E-state index is 13.1. The summed E-state index contributed by atoms with van der Waals surface area (Å²) in [6.07, 6.45) is 0. The summed E-state index contributed by atoms with van der Waals surface area (Å²) >= 11 is 0. The molecular weight excluding hydrogens is 392 g/mol. The van der Waals surface area contributed by atoms with E-state index < -0.39 is 11.7 Å². The number of ether oxygens (including phenoxy) is 1. The maximum atomic E-state index is 13.1. The standard InChI is InChI=1S/C24H26N4O3/c1-17-22(18(2)28(25-17)19-9-5-4-6-10-19)23(29)24(30)27-15-13-26(14-16-27)20-11-7-8-12-21(20)31-3/h4-12H,13-16H2,1-3H3. The van der Waals surface area contributed by atoms with Crippen LogP contribution in [0.2, 0.25) is 0 Å². The van der Waals surface area contributed by atoms with E-state index in [2.05, 4.69) is 10.00 Å². The first kappa shape index (κ1) is 20.7. The number of ketones is 1. The zero-order valence-corrected chi connectivity index (χ0v) is 18.0. The van der Waals surface area contributed by atoms with Gasteiger partial charge in [0.25, 0.3) is 11.7 Å². The van der Waals surface area contributed by atoms with Crippen LogP contribution in [0.4, 0.5) is 5.69 Å². The molecule has 2 heterocycles. The fraction of sp³-hybridized carbons (Fsp3) is 0.292. The molecular formula is C24H26N4O3. The highest BCUT2D eigenvalue weighted by Gasteiger charge is 2.31. The number of carbonyl (C=O) groups excluding carboxylic acids is 2. The van der Waals surface area contributed by atoms with Crippen molar-refractivity contribution in [1.82, 2.24) is 14.7 Å². The highest BCUT2D eigenvalue weighted by Crippen LogP contribution is 2.28. The molecule has 0 aliphatic carbocycles. The summed E-state index contributed by atoms with van der Waals surface area (Å²) in [6.45, 7) is 5.84. The minimum absolute atomic E-state index is 0.390. The number of hydrogen-bond acceptors (Lipinski definition) is 5. The average molecular weight is 418 g/mol. The molecule has 1 aliphatic heterocycles. The van der Waals surface area contributed by atoms with Crippen molar-refractivity contribution in [3.8, 4) is 11.4 Å². The lowest BCUT2D eigenvalue weighted by Gasteiger charge is -2.36. The lowest BCUT2D eigenvalue weighted by Crippen LogP contribution is -2.50. The first-order chi connectivity index (χ1) is 15.0. The predicted molar refractivity (Wildman–Crippen MR) is 119 cm³/mol. The number of aryl methyl sites for hydroxylation is 1. The quantitative estimate of drug-likeness (QED) is 0.471. The van der Waals surface area contributed by atoms with Gasteiger partial charge in [0.2, 0.25) is 0 Å². The van der Waals surface area contributed by atoms with Crippen LogP contribution in [-0.2, 0) is 4.79 Å². The number of nitrogens with zero attached hydrogens (tertiary/aromatic N) is 4. The minimum atomic E-state index is -0.497. The lowest BCUT2D eigenvalue weighted by atomic mass is 10.1. The maximum Gasteiger partial charge on any atom is 0.295 e. The Morgan fingerprint density at radius 3 is 2.23 bits per heavy atom. The van der Waals surface area contributed by atoms with Crippen molar-refractivity contribution in [2.24, 2.45) is 0 Å². The third-order valence-electron chi connectivity index (χ3n) is 5.71. The van der Waals surface area contributed by atoms with Crippen LogP contribution in [-0.4, -0.2) is 59.7 Å². The molecule has 1 fully saturated rings. The van der Waals surface area contributed by atoms with E-state index in [0.717, 1.165) is 17.1 Å². The predicted octanol–water partition coefficient (Wildman–Crippen LogP) is 3.03. The van der Waals surface area contributed by atoms with E-state index in [-0.39, 0.29) is 0 Å². The van der Waals surface area contributed by atoms with Crippen molar-refractivity contribution < 1.29 is 14.3 Å². The van der Waals surface area contributed by atoms with Gasteiger partial charge >= 0.3 is 0 Å². The second-order valence-corrected chi connectivity index (χ2v) is 7.57. The Balaban J connectivity index is 1.49. The topological polar surface area (TPSA) is 67.7 Å². The number of carbonyl (C=O) groups is 2. The lowest BCUT2D eigenvalue weighted by molar-refractivity contribution is -0.126. The summed E-state index contributed by atoms with van der Waals surface area (Å²) in [4.78, 5) is 29.9. The highest BCUT2D eigenvalue weighted by molar-refractivity contribution is 6.43. The monoisotopic (exact) mass is 418 g/mol. The summed E-state index contributed by atoms with van der Waals surface area (Å²) in [5.74, 6) is -0.167. The van der Waals surface area contributed by atoms with Crippen molar-refractivity contribution in [2.75, 3.05) is 38.2 Å². The van der Waals surface area contributed by atoms with E-state index in [0.29, 0.717) is 43.1 Å². The summed E-state index contributed by atoms with van der Waals surface area (Å²) in [5, 5.41) is 4.50. The summed E-state index contributed by atoms with van der Waals surface area (Å²) < 4.78 is 7.17. The van der Waals surface area contributed by atoms with Gasteiger partial charge in [0.05, 0.1) is 35.4 Å². The Labute approximate surface area is 181 Å². The van der Waals surface area contributed by atoms with Crippen LogP contribution in [0.1, 0.15) is 21.7 Å². The molecule has 1 amide bonds. The number of Topliss-reactive ketones (excluding diaryl/α,β-unsaturated/α-hetero) is 1. The number of piperazine rings is 1. The van der Waals surface area contributed by atoms with Gasteiger partial charge in [-0.25, -0.2) is 4.68 Å². The molecule has 7 heteroatoms. The van der Waals surface area contributed by atoms with Crippen molar-refractivity contribution in [3.05, 3.63) is 71.5 Å². The number of para-hydroxylation sites is 3. The Hall–Kier alpha value is -3.61. The van der Waals surface area contributed by atoms with E-state index in [1.807, 2.05) is 61.5 Å². The molecule has 1 aliphatic rings. The van der Waals surface area contributed by atoms with Crippen molar-refractivity contribution in [2.45, 2.75) is 13.8 Å². The van der Waals surface area contributed by atoms with Crippen molar-refractivity contribution in [1.29, 1.82) is 0 Å². The molecule has 0 N–H and O–H groups in total. The van der Waals surface area contributed by atoms with Crippen LogP contribution in [0.3, 0.4) is 0 Å². The highest BCUT2D eigenvalue weighted by atomic mass is 16.5. The van der Waals surface area contributed by atoms with E-state index in [4.69, 9.17) is 4.74 Å². The fourth-order valence-electron chi connectivity index (χ4n) is 4.08. The number of amides is 1. The van der Waals surface area contributed by atoms with Gasteiger partial charge in [-0.2, -0.15) is 5.10 Å². The Morgan fingerprint density at radius 2 is 1.55 bits per heavy atom. The van der Waals surface area contributed by atoms with E-state index in [9.17, 15) is 9.59 Å². The van der Waals surface area contributed by atoms with Gasteiger partial charge < -0.3 is 14.5 Å². The van der Waals surface area contributed by atoms with Gasteiger partial charge in [-0.05, 0) is 38.1 Å². The number of aromatic nitrogens is 2. The summed E-state index contributed by atoms with van der Waals surface area (Å²) in [6, 6.07) is 17.4. The van der Waals surface area contributed by atoms with Crippen LogP contribution < -0.4 is 9.64 Å². The Morgan fingerprint density at radius 1 is 0.903 bits per heavy atom. The van der Waals surface area contributed by atoms with Gasteiger partial charge in [0, 0.05) is 26.2 Å². The first-order valence-corrected chi connectivity index (χ1v) is 10.3. The van der Waals surface area contributed by atoms with E-state index >= 15 is 0 Å². The summed E-state index contributed by atoms with van der Waals surface area (Å²) in [7, 11) is 1.65. The molecule has 1 aromatic heterocycles. The molecule has 160 valence electrons. The van der Waals surface area contributed by atoms with E-state index in [1.165, 1.54) is 0 Å². The molecule has 0 saturated carbocycles. The third-order valence-corrected chi connectivity index (χ3v) is 5.71. The van der Waals surface area contributed by atoms with Gasteiger partial charge in [0.15, 0.2) is 0 Å². The number of benzene rings is 2. The molecule has 3 aromatic rings. The Kier molecular flexibility index (Phi) is 5.75. The SMILES string of the molecule is COc1ccccc1N1CCN(C(=O)C(=O)c2c(C)nn(-c3ccccc3)c2C)CC1. The number of methoxy groups -OCH3 is 1. The molecule has 31 heavy (non-hydrogen) atoms. The molecule has 0 unspecified atom stereocenters. The second-order valence-electron chi connectivity index (χ2n) is 7.57. The summed E-state index contributed by atoms with van der Waals surface area (Å²) in [5.41, 5.74) is 3.49. The molecule has 2 aromatic carbocycles. The van der Waals surface area contributed by atoms with Crippen LogP contribution in [0, 0.1) is 13.8 Å². The second kappa shape index (κ2) is 8.63. The van der Waals surface area contributed by atoms with Crippen LogP contribution in [0.25, 0.3) is 5.69 Å². The molecule has 0 radical (unpaired) electrons. The van der Waals surface area contributed by atoms with Gasteiger partial charge in [-0.15, -0.1) is 0 Å². The number of hydrogen-bond donors (Lipinski definition) is 0. The average Bonchev–Trinajstić information content (AvgIpc) is 3.12. The Bertz CT molecular complexity index is 1100. The van der Waals surface area contributed by atoms with Crippen LogP contribution in [0.15, 0.2) is 54.6 Å². The van der Waals surface area contributed by atoms with Gasteiger partial charge in [0.1, 0.15) is 5.75 Å². The minimum Gasteiger partial charge on any atom is -0.495 e. The smallest absolute Gasteiger partial charge is 0.295 e.